The van der Waals surface area contributed by atoms with Crippen LogP contribution in [-0.2, 0) is 17.3 Å². The zero-order valence-corrected chi connectivity index (χ0v) is 20.5. The van der Waals surface area contributed by atoms with E-state index in [4.69, 9.17) is 4.74 Å². The summed E-state index contributed by atoms with van der Waals surface area (Å²) in [5, 5.41) is 11.3. The average molecular weight is 526 g/mol. The molecule has 8 heteroatoms. The molecule has 2 bridgehead atoms. The van der Waals surface area contributed by atoms with Gasteiger partial charge in [-0.05, 0) is 71.7 Å². The molecule has 0 spiro atoms. The molecule has 198 valence electrons. The van der Waals surface area contributed by atoms with E-state index in [2.05, 4.69) is 12.1 Å². The standard InChI is InChI=1S/C30H27F4NO3/c31-19-9-12-27(30(32,33)34)18(13-19)14-29(37)15-20-10-11-21(16-29)35(20)28(36)38-17-26-24-7-3-1-5-22(24)23-6-2-4-8-25(23)26/h1-9,12-13,20-21,26,37H,10-11,14-17H2. The van der Waals surface area contributed by atoms with Crippen LogP contribution in [0.15, 0.2) is 66.7 Å². The van der Waals surface area contributed by atoms with Gasteiger partial charge in [0.05, 0.1) is 11.2 Å². The van der Waals surface area contributed by atoms with Crippen molar-refractivity contribution < 1.29 is 32.2 Å². The minimum atomic E-state index is -4.65. The van der Waals surface area contributed by atoms with Gasteiger partial charge in [-0.1, -0.05) is 48.5 Å². The molecule has 3 aliphatic rings. The Kier molecular flexibility index (Phi) is 5.98. The van der Waals surface area contributed by atoms with Gasteiger partial charge < -0.3 is 14.7 Å². The molecule has 2 aliphatic heterocycles. The zero-order chi connectivity index (χ0) is 26.7. The van der Waals surface area contributed by atoms with Crippen molar-refractivity contribution in [2.24, 2.45) is 0 Å². The van der Waals surface area contributed by atoms with Gasteiger partial charge in [0.1, 0.15) is 12.4 Å². The lowest BCUT2D eigenvalue weighted by molar-refractivity contribution is -0.138. The molecule has 0 radical (unpaired) electrons. The fourth-order valence-electron chi connectivity index (χ4n) is 6.77. The van der Waals surface area contributed by atoms with Crippen LogP contribution in [0.4, 0.5) is 22.4 Å². The Hall–Kier alpha value is -3.39. The maximum Gasteiger partial charge on any atom is 0.416 e. The van der Waals surface area contributed by atoms with Crippen molar-refractivity contribution in [2.45, 2.75) is 61.9 Å². The lowest BCUT2D eigenvalue weighted by Crippen LogP contribution is -2.54. The van der Waals surface area contributed by atoms with Gasteiger partial charge >= 0.3 is 12.3 Å². The number of carbonyl (C=O) groups is 1. The van der Waals surface area contributed by atoms with E-state index in [1.807, 2.05) is 36.4 Å². The first-order chi connectivity index (χ1) is 18.1. The summed E-state index contributed by atoms with van der Waals surface area (Å²) in [6.45, 7) is 0.172. The highest BCUT2D eigenvalue weighted by molar-refractivity contribution is 5.79. The summed E-state index contributed by atoms with van der Waals surface area (Å²) in [5.74, 6) is -0.866. The van der Waals surface area contributed by atoms with Gasteiger partial charge in [0.15, 0.2) is 0 Å². The number of halogens is 4. The minimum Gasteiger partial charge on any atom is -0.448 e. The molecule has 2 atom stereocenters. The quantitative estimate of drug-likeness (QED) is 0.386. The molecule has 4 nitrogen and oxygen atoms in total. The summed E-state index contributed by atoms with van der Waals surface area (Å²) in [6.07, 6.45) is -3.96. The Morgan fingerprint density at radius 1 is 0.947 bits per heavy atom. The molecule has 38 heavy (non-hydrogen) atoms. The number of nitrogens with zero attached hydrogens (tertiary/aromatic N) is 1. The Labute approximate surface area is 217 Å². The molecule has 1 aliphatic carbocycles. The van der Waals surface area contributed by atoms with Crippen molar-refractivity contribution in [3.8, 4) is 11.1 Å². The normalized spacial score (nSPS) is 24.3. The SMILES string of the molecule is O=C(OCC1c2ccccc2-c2ccccc21)N1C2CCC1CC(O)(Cc1cc(F)ccc1C(F)(F)F)C2. The topological polar surface area (TPSA) is 49.8 Å². The van der Waals surface area contributed by atoms with Gasteiger partial charge in [0.25, 0.3) is 0 Å². The number of hydrogen-bond donors (Lipinski definition) is 1. The summed E-state index contributed by atoms with van der Waals surface area (Å²) in [4.78, 5) is 14.9. The number of hydrogen-bond acceptors (Lipinski definition) is 3. The van der Waals surface area contributed by atoms with Crippen LogP contribution in [0.25, 0.3) is 11.1 Å². The van der Waals surface area contributed by atoms with Crippen molar-refractivity contribution in [1.29, 1.82) is 0 Å². The largest absolute Gasteiger partial charge is 0.448 e. The predicted molar refractivity (Wildman–Crippen MR) is 133 cm³/mol. The van der Waals surface area contributed by atoms with Crippen LogP contribution in [0, 0.1) is 5.82 Å². The van der Waals surface area contributed by atoms with E-state index in [-0.39, 0.29) is 49.4 Å². The first-order valence-corrected chi connectivity index (χ1v) is 12.8. The van der Waals surface area contributed by atoms with Crippen molar-refractivity contribution >= 4 is 6.09 Å². The lowest BCUT2D eigenvalue weighted by atomic mass is 9.80. The average Bonchev–Trinajstić information content (AvgIpc) is 3.34. The van der Waals surface area contributed by atoms with E-state index >= 15 is 0 Å². The lowest BCUT2D eigenvalue weighted by Gasteiger charge is -2.43. The summed E-state index contributed by atoms with van der Waals surface area (Å²) >= 11 is 0. The smallest absolute Gasteiger partial charge is 0.416 e. The second-order valence-electron chi connectivity index (χ2n) is 10.7. The Morgan fingerprint density at radius 3 is 2.11 bits per heavy atom. The first-order valence-electron chi connectivity index (χ1n) is 12.8. The van der Waals surface area contributed by atoms with E-state index in [0.29, 0.717) is 18.9 Å². The summed E-state index contributed by atoms with van der Waals surface area (Å²) in [5.41, 5.74) is 1.78. The maximum absolute atomic E-state index is 13.8. The van der Waals surface area contributed by atoms with E-state index in [9.17, 15) is 27.5 Å². The molecule has 2 saturated heterocycles. The third kappa shape index (κ3) is 4.34. The van der Waals surface area contributed by atoms with E-state index < -0.39 is 29.3 Å². The maximum atomic E-state index is 13.8. The van der Waals surface area contributed by atoms with Crippen LogP contribution < -0.4 is 0 Å². The Morgan fingerprint density at radius 2 is 1.53 bits per heavy atom. The molecule has 2 heterocycles. The molecule has 2 fully saturated rings. The molecule has 3 aromatic carbocycles. The summed E-state index contributed by atoms with van der Waals surface area (Å²) in [6, 6.07) is 17.7. The van der Waals surface area contributed by atoms with Crippen LogP contribution in [-0.4, -0.2) is 40.4 Å². The van der Waals surface area contributed by atoms with Crippen molar-refractivity contribution in [1.82, 2.24) is 4.90 Å². The molecule has 0 aromatic heterocycles. The third-order valence-electron chi connectivity index (χ3n) is 8.29. The fourth-order valence-corrected chi connectivity index (χ4v) is 6.77. The Bertz CT molecular complexity index is 1330. The van der Waals surface area contributed by atoms with Crippen LogP contribution >= 0.6 is 0 Å². The van der Waals surface area contributed by atoms with E-state index in [0.717, 1.165) is 34.4 Å². The number of carbonyl (C=O) groups excluding carboxylic acids is 1. The van der Waals surface area contributed by atoms with E-state index in [1.54, 1.807) is 4.90 Å². The van der Waals surface area contributed by atoms with Gasteiger partial charge in [0.2, 0.25) is 0 Å². The first kappa shape index (κ1) is 24.9. The molecule has 2 unspecified atom stereocenters. The molecule has 0 saturated carbocycles. The number of aliphatic hydroxyl groups is 1. The van der Waals surface area contributed by atoms with Crippen LogP contribution in [0.3, 0.4) is 0 Å². The molecule has 1 amide bonds. The monoisotopic (exact) mass is 525 g/mol. The van der Waals surface area contributed by atoms with Gasteiger partial charge in [-0.3, -0.25) is 0 Å². The van der Waals surface area contributed by atoms with Crippen LogP contribution in [0.1, 0.15) is 53.9 Å². The van der Waals surface area contributed by atoms with Crippen LogP contribution in [0.2, 0.25) is 0 Å². The predicted octanol–water partition coefficient (Wildman–Crippen LogP) is 6.69. The number of rotatable bonds is 4. The molecular formula is C30H27F4NO3. The Balaban J connectivity index is 1.16. The minimum absolute atomic E-state index is 0.0838. The highest BCUT2D eigenvalue weighted by atomic mass is 19.4. The number of piperidine rings is 1. The highest BCUT2D eigenvalue weighted by Gasteiger charge is 2.50. The number of amides is 1. The third-order valence-corrected chi connectivity index (χ3v) is 8.29. The summed E-state index contributed by atoms with van der Waals surface area (Å²) in [7, 11) is 0. The second-order valence-corrected chi connectivity index (χ2v) is 10.7. The zero-order valence-electron chi connectivity index (χ0n) is 20.5. The number of fused-ring (bicyclic) bond motifs is 5. The van der Waals surface area contributed by atoms with Crippen molar-refractivity contribution in [2.75, 3.05) is 6.61 Å². The highest BCUT2D eigenvalue weighted by Crippen LogP contribution is 2.46. The van der Waals surface area contributed by atoms with Gasteiger partial charge in [0, 0.05) is 24.4 Å². The number of alkyl halides is 3. The number of ether oxygens (including phenoxy) is 1. The molecular weight excluding hydrogens is 498 g/mol. The molecule has 1 N–H and O–H groups in total. The molecule has 3 aromatic rings. The second kappa shape index (κ2) is 9.12. The number of benzene rings is 3. The van der Waals surface area contributed by atoms with Crippen LogP contribution in [0.5, 0.6) is 0 Å². The van der Waals surface area contributed by atoms with Crippen molar-refractivity contribution in [3.05, 3.63) is 94.8 Å². The molecule has 6 rings (SSSR count). The summed E-state index contributed by atoms with van der Waals surface area (Å²) < 4.78 is 60.2. The van der Waals surface area contributed by atoms with Gasteiger partial charge in [-0.2, -0.15) is 13.2 Å². The van der Waals surface area contributed by atoms with Gasteiger partial charge in [-0.25, -0.2) is 9.18 Å². The van der Waals surface area contributed by atoms with Gasteiger partial charge in [-0.15, -0.1) is 0 Å². The van der Waals surface area contributed by atoms with Crippen molar-refractivity contribution in [3.63, 3.8) is 0 Å². The van der Waals surface area contributed by atoms with E-state index in [1.165, 1.54) is 0 Å². The fraction of sp³-hybridized carbons (Fsp3) is 0.367.